The lowest BCUT2D eigenvalue weighted by atomic mass is 10.2. The van der Waals surface area contributed by atoms with E-state index in [1.54, 1.807) is 0 Å². The molecule has 0 radical (unpaired) electrons. The van der Waals surface area contributed by atoms with Crippen LogP contribution in [0.3, 0.4) is 0 Å². The topological polar surface area (TPSA) is 31.4 Å². The van der Waals surface area contributed by atoms with Crippen LogP contribution in [0, 0.1) is 0 Å². The number of likely N-dealkylation sites (N-methyl/N-ethyl adjacent to an activating group) is 1. The van der Waals surface area contributed by atoms with Crippen LogP contribution in [0.4, 0.5) is 5.69 Å². The van der Waals surface area contributed by atoms with Crippen LogP contribution in [0.5, 0.6) is 0 Å². The highest BCUT2D eigenvalue weighted by atomic mass is 15.2. The van der Waals surface area contributed by atoms with Crippen molar-refractivity contribution in [1.82, 2.24) is 15.2 Å². The van der Waals surface area contributed by atoms with Crippen LogP contribution in [-0.2, 0) is 0 Å². The Bertz CT molecular complexity index is 384. The lowest BCUT2D eigenvalue weighted by Gasteiger charge is -2.23. The summed E-state index contributed by atoms with van der Waals surface area (Å²) < 4.78 is 0. The van der Waals surface area contributed by atoms with Crippen molar-refractivity contribution in [3.8, 4) is 0 Å². The van der Waals surface area contributed by atoms with Gasteiger partial charge in [0.15, 0.2) is 0 Å². The second-order valence-electron chi connectivity index (χ2n) is 5.69. The van der Waals surface area contributed by atoms with Crippen molar-refractivity contribution >= 4 is 5.69 Å². The molecule has 1 N–H and O–H groups in total. The van der Waals surface area contributed by atoms with Crippen LogP contribution in [-0.4, -0.2) is 49.7 Å². The Morgan fingerprint density at radius 1 is 1.35 bits per heavy atom. The molecule has 0 amide bonds. The molecule has 1 aliphatic heterocycles. The SMILES string of the molecule is CCNC(C)c1ccc(N(C)CCN2CCCC2)cn1. The highest BCUT2D eigenvalue weighted by Gasteiger charge is 2.12. The fraction of sp³-hybridized carbons (Fsp3) is 0.688. The van der Waals surface area contributed by atoms with Crippen molar-refractivity contribution in [2.45, 2.75) is 32.7 Å². The van der Waals surface area contributed by atoms with Crippen molar-refractivity contribution in [3.05, 3.63) is 24.0 Å². The third-order valence-electron chi connectivity index (χ3n) is 4.12. The second-order valence-corrected chi connectivity index (χ2v) is 5.69. The minimum atomic E-state index is 0.323. The summed E-state index contributed by atoms with van der Waals surface area (Å²) in [6.07, 6.45) is 4.72. The maximum absolute atomic E-state index is 4.58. The summed E-state index contributed by atoms with van der Waals surface area (Å²) in [5.74, 6) is 0. The summed E-state index contributed by atoms with van der Waals surface area (Å²) >= 11 is 0. The second kappa shape index (κ2) is 7.60. The van der Waals surface area contributed by atoms with Crippen molar-refractivity contribution in [2.75, 3.05) is 44.7 Å². The van der Waals surface area contributed by atoms with E-state index in [1.807, 2.05) is 6.20 Å². The molecule has 1 aromatic heterocycles. The van der Waals surface area contributed by atoms with Gasteiger partial charge in [-0.25, -0.2) is 0 Å². The van der Waals surface area contributed by atoms with Crippen molar-refractivity contribution in [1.29, 1.82) is 0 Å². The largest absolute Gasteiger partial charge is 0.372 e. The van der Waals surface area contributed by atoms with Gasteiger partial charge in [-0.05, 0) is 51.5 Å². The van der Waals surface area contributed by atoms with E-state index in [1.165, 1.54) is 31.6 Å². The van der Waals surface area contributed by atoms with Gasteiger partial charge in [0, 0.05) is 26.2 Å². The van der Waals surface area contributed by atoms with Gasteiger partial charge in [-0.15, -0.1) is 0 Å². The molecular formula is C16H28N4. The molecule has 112 valence electrons. The highest BCUT2D eigenvalue weighted by Crippen LogP contribution is 2.15. The number of rotatable bonds is 7. The molecule has 0 aliphatic carbocycles. The molecule has 1 unspecified atom stereocenters. The first-order chi connectivity index (χ1) is 9.70. The Balaban J connectivity index is 1.84. The summed E-state index contributed by atoms with van der Waals surface area (Å²) in [6.45, 7) is 10.0. The zero-order valence-corrected chi connectivity index (χ0v) is 13.1. The number of anilines is 1. The van der Waals surface area contributed by atoms with Gasteiger partial charge in [-0.2, -0.15) is 0 Å². The lowest BCUT2D eigenvalue weighted by Crippen LogP contribution is -2.31. The Kier molecular flexibility index (Phi) is 5.80. The molecule has 2 rings (SSSR count). The number of hydrogen-bond donors (Lipinski definition) is 1. The number of hydrogen-bond acceptors (Lipinski definition) is 4. The van der Waals surface area contributed by atoms with E-state index >= 15 is 0 Å². The molecule has 4 nitrogen and oxygen atoms in total. The summed E-state index contributed by atoms with van der Waals surface area (Å²) in [5.41, 5.74) is 2.32. The van der Waals surface area contributed by atoms with E-state index in [0.29, 0.717) is 6.04 Å². The van der Waals surface area contributed by atoms with Crippen LogP contribution in [0.25, 0.3) is 0 Å². The first kappa shape index (κ1) is 15.3. The minimum absolute atomic E-state index is 0.323. The Hall–Kier alpha value is -1.13. The Morgan fingerprint density at radius 2 is 2.10 bits per heavy atom. The number of aromatic nitrogens is 1. The van der Waals surface area contributed by atoms with E-state index < -0.39 is 0 Å². The Labute approximate surface area is 123 Å². The molecular weight excluding hydrogens is 248 g/mol. The quantitative estimate of drug-likeness (QED) is 0.828. The van der Waals surface area contributed by atoms with E-state index in [0.717, 1.165) is 25.3 Å². The molecule has 0 aromatic carbocycles. The third-order valence-corrected chi connectivity index (χ3v) is 4.12. The maximum atomic E-state index is 4.58. The third kappa shape index (κ3) is 4.18. The van der Waals surface area contributed by atoms with E-state index in [2.05, 4.69) is 53.1 Å². The predicted molar refractivity (Wildman–Crippen MR) is 85.3 cm³/mol. The van der Waals surface area contributed by atoms with E-state index in [9.17, 15) is 0 Å². The standard InChI is InChI=1S/C16H28N4/c1-4-17-14(2)16-8-7-15(13-18-16)19(3)11-12-20-9-5-6-10-20/h7-8,13-14,17H,4-6,9-12H2,1-3H3. The molecule has 2 heterocycles. The van der Waals surface area contributed by atoms with Gasteiger partial charge in [-0.1, -0.05) is 6.92 Å². The van der Waals surface area contributed by atoms with Crippen LogP contribution in [0.15, 0.2) is 18.3 Å². The number of nitrogens with zero attached hydrogens (tertiary/aromatic N) is 3. The van der Waals surface area contributed by atoms with Crippen LogP contribution >= 0.6 is 0 Å². The molecule has 1 fully saturated rings. The monoisotopic (exact) mass is 276 g/mol. The molecule has 0 bridgehead atoms. The van der Waals surface area contributed by atoms with E-state index in [-0.39, 0.29) is 0 Å². The maximum Gasteiger partial charge on any atom is 0.0572 e. The molecule has 1 saturated heterocycles. The Morgan fingerprint density at radius 3 is 2.70 bits per heavy atom. The van der Waals surface area contributed by atoms with Crippen LogP contribution in [0.1, 0.15) is 38.4 Å². The van der Waals surface area contributed by atoms with Crippen molar-refractivity contribution in [2.24, 2.45) is 0 Å². The van der Waals surface area contributed by atoms with Gasteiger partial charge >= 0.3 is 0 Å². The summed E-state index contributed by atoms with van der Waals surface area (Å²) in [7, 11) is 2.15. The lowest BCUT2D eigenvalue weighted by molar-refractivity contribution is 0.346. The molecule has 0 spiro atoms. The average molecular weight is 276 g/mol. The predicted octanol–water partition coefficient (Wildman–Crippen LogP) is 2.28. The van der Waals surface area contributed by atoms with Gasteiger partial charge in [0.25, 0.3) is 0 Å². The average Bonchev–Trinajstić information content (AvgIpc) is 2.98. The normalized spacial score (nSPS) is 17.4. The summed E-state index contributed by atoms with van der Waals surface area (Å²) in [4.78, 5) is 9.43. The van der Waals surface area contributed by atoms with E-state index in [4.69, 9.17) is 0 Å². The first-order valence-corrected chi connectivity index (χ1v) is 7.83. The summed E-state index contributed by atoms with van der Waals surface area (Å²) in [5, 5.41) is 3.39. The van der Waals surface area contributed by atoms with Crippen LogP contribution < -0.4 is 10.2 Å². The highest BCUT2D eigenvalue weighted by molar-refractivity contribution is 5.43. The summed E-state index contributed by atoms with van der Waals surface area (Å²) in [6, 6.07) is 4.64. The van der Waals surface area contributed by atoms with Crippen molar-refractivity contribution in [3.63, 3.8) is 0 Å². The van der Waals surface area contributed by atoms with Crippen LogP contribution in [0.2, 0.25) is 0 Å². The molecule has 1 aliphatic rings. The molecule has 20 heavy (non-hydrogen) atoms. The number of pyridine rings is 1. The first-order valence-electron chi connectivity index (χ1n) is 7.83. The fourth-order valence-electron chi connectivity index (χ4n) is 2.72. The molecule has 1 atom stereocenters. The van der Waals surface area contributed by atoms with Gasteiger partial charge in [0.1, 0.15) is 0 Å². The smallest absolute Gasteiger partial charge is 0.0572 e. The molecule has 1 aromatic rings. The number of nitrogens with one attached hydrogen (secondary N) is 1. The zero-order chi connectivity index (χ0) is 14.4. The van der Waals surface area contributed by atoms with Gasteiger partial charge < -0.3 is 15.1 Å². The van der Waals surface area contributed by atoms with Gasteiger partial charge in [0.2, 0.25) is 0 Å². The molecule has 0 saturated carbocycles. The zero-order valence-electron chi connectivity index (χ0n) is 13.1. The fourth-order valence-corrected chi connectivity index (χ4v) is 2.72. The van der Waals surface area contributed by atoms with Gasteiger partial charge in [0.05, 0.1) is 17.6 Å². The molecule has 4 heteroatoms. The van der Waals surface area contributed by atoms with Gasteiger partial charge in [-0.3, -0.25) is 4.98 Å². The minimum Gasteiger partial charge on any atom is -0.372 e. The number of likely N-dealkylation sites (tertiary alicyclic amines) is 1. The van der Waals surface area contributed by atoms with Crippen molar-refractivity contribution < 1.29 is 0 Å².